The first-order chi connectivity index (χ1) is 7.99. The van der Waals surface area contributed by atoms with Crippen LogP contribution in [0, 0.1) is 0 Å². The summed E-state index contributed by atoms with van der Waals surface area (Å²) >= 11 is 3.26. The maximum Gasteiger partial charge on any atom is 0.179 e. The van der Waals surface area contributed by atoms with Crippen LogP contribution in [0.15, 0.2) is 33.6 Å². The maximum absolute atomic E-state index is 12.1. The van der Waals surface area contributed by atoms with E-state index in [0.29, 0.717) is 11.3 Å². The Balaban J connectivity index is 2.84. The van der Waals surface area contributed by atoms with Gasteiger partial charge in [0.05, 0.1) is 10.6 Å². The van der Waals surface area contributed by atoms with E-state index >= 15 is 0 Å². The van der Waals surface area contributed by atoms with Crippen molar-refractivity contribution in [1.82, 2.24) is 5.32 Å². The number of rotatable bonds is 6. The average Bonchev–Trinajstić information content (AvgIpc) is 2.28. The topological polar surface area (TPSA) is 66.4 Å². The van der Waals surface area contributed by atoms with Crippen LogP contribution < -0.4 is 5.32 Å². The summed E-state index contributed by atoms with van der Waals surface area (Å²) in [7, 11) is -1.61. The lowest BCUT2D eigenvalue weighted by Crippen LogP contribution is -2.33. The van der Waals surface area contributed by atoms with Crippen LogP contribution in [-0.4, -0.2) is 39.0 Å². The molecular formula is C11H16BrNO3S. The van der Waals surface area contributed by atoms with E-state index in [2.05, 4.69) is 21.2 Å². The number of aliphatic hydroxyl groups excluding tert-OH is 1. The van der Waals surface area contributed by atoms with Gasteiger partial charge in [0.2, 0.25) is 0 Å². The Labute approximate surface area is 110 Å². The first-order valence-corrected chi connectivity index (χ1v) is 7.70. The molecule has 2 N–H and O–H groups in total. The van der Waals surface area contributed by atoms with Gasteiger partial charge in [0.1, 0.15) is 0 Å². The molecule has 0 heterocycles. The zero-order valence-electron chi connectivity index (χ0n) is 9.56. The SMILES string of the molecule is CNC(CCO)CS(=O)(=O)c1ccc(Br)cc1. The van der Waals surface area contributed by atoms with Crippen LogP contribution in [0.3, 0.4) is 0 Å². The first kappa shape index (κ1) is 14.6. The van der Waals surface area contributed by atoms with E-state index in [-0.39, 0.29) is 18.4 Å². The van der Waals surface area contributed by atoms with Gasteiger partial charge in [-0.2, -0.15) is 0 Å². The molecule has 1 atom stereocenters. The van der Waals surface area contributed by atoms with Gasteiger partial charge in [-0.05, 0) is 37.7 Å². The lowest BCUT2D eigenvalue weighted by atomic mass is 10.2. The van der Waals surface area contributed by atoms with Gasteiger partial charge in [-0.1, -0.05) is 15.9 Å². The predicted octanol–water partition coefficient (Wildman–Crippen LogP) is 1.19. The fraction of sp³-hybridized carbons (Fsp3) is 0.455. The van der Waals surface area contributed by atoms with E-state index in [0.717, 1.165) is 4.47 Å². The predicted molar refractivity (Wildman–Crippen MR) is 70.7 cm³/mol. The van der Waals surface area contributed by atoms with Gasteiger partial charge in [0.15, 0.2) is 9.84 Å². The summed E-state index contributed by atoms with van der Waals surface area (Å²) in [5, 5.41) is 11.7. The summed E-state index contributed by atoms with van der Waals surface area (Å²) in [6.07, 6.45) is 0.423. The van der Waals surface area contributed by atoms with Gasteiger partial charge >= 0.3 is 0 Å². The van der Waals surface area contributed by atoms with E-state index < -0.39 is 9.84 Å². The monoisotopic (exact) mass is 321 g/mol. The highest BCUT2D eigenvalue weighted by Gasteiger charge is 2.19. The molecule has 1 aromatic carbocycles. The number of halogens is 1. The quantitative estimate of drug-likeness (QED) is 0.826. The van der Waals surface area contributed by atoms with Crippen molar-refractivity contribution in [2.24, 2.45) is 0 Å². The number of nitrogens with one attached hydrogen (secondary N) is 1. The minimum absolute atomic E-state index is 0.00824. The van der Waals surface area contributed by atoms with Crippen molar-refractivity contribution >= 4 is 25.8 Å². The summed E-state index contributed by atoms with van der Waals surface area (Å²) in [6, 6.07) is 6.32. The molecule has 0 amide bonds. The molecule has 0 aliphatic carbocycles. The van der Waals surface area contributed by atoms with Gasteiger partial charge in [-0.15, -0.1) is 0 Å². The number of hydrogen-bond acceptors (Lipinski definition) is 4. The molecular weight excluding hydrogens is 306 g/mol. The first-order valence-electron chi connectivity index (χ1n) is 5.26. The molecule has 0 saturated carbocycles. The highest BCUT2D eigenvalue weighted by atomic mass is 79.9. The molecule has 1 unspecified atom stereocenters. The standard InChI is InChI=1S/C11H16BrNO3S/c1-13-10(6-7-14)8-17(15,16)11-4-2-9(12)3-5-11/h2-5,10,13-14H,6-8H2,1H3. The molecule has 0 saturated heterocycles. The normalized spacial score (nSPS) is 13.6. The van der Waals surface area contributed by atoms with Crippen molar-refractivity contribution in [3.05, 3.63) is 28.7 Å². The minimum atomic E-state index is -3.30. The highest BCUT2D eigenvalue weighted by Crippen LogP contribution is 2.16. The van der Waals surface area contributed by atoms with E-state index in [9.17, 15) is 8.42 Å². The molecule has 4 nitrogen and oxygen atoms in total. The Kier molecular flexibility index (Phi) is 5.58. The molecule has 0 spiro atoms. The third-order valence-corrected chi connectivity index (χ3v) is 4.84. The second-order valence-electron chi connectivity index (χ2n) is 3.73. The van der Waals surface area contributed by atoms with E-state index in [1.165, 1.54) is 0 Å². The van der Waals surface area contributed by atoms with Crippen LogP contribution in [0.4, 0.5) is 0 Å². The summed E-state index contributed by atoms with van der Waals surface area (Å²) in [4.78, 5) is 0.305. The van der Waals surface area contributed by atoms with Crippen LogP contribution in [0.25, 0.3) is 0 Å². The van der Waals surface area contributed by atoms with Gasteiger partial charge in [-0.3, -0.25) is 0 Å². The molecule has 0 aliphatic heterocycles. The molecule has 0 fully saturated rings. The van der Waals surface area contributed by atoms with Crippen LogP contribution in [0.2, 0.25) is 0 Å². The van der Waals surface area contributed by atoms with Crippen molar-refractivity contribution in [1.29, 1.82) is 0 Å². The fourth-order valence-electron chi connectivity index (χ4n) is 1.47. The Morgan fingerprint density at radius 3 is 2.41 bits per heavy atom. The smallest absolute Gasteiger partial charge is 0.179 e. The van der Waals surface area contributed by atoms with E-state index in [4.69, 9.17) is 5.11 Å². The third-order valence-electron chi connectivity index (χ3n) is 2.48. The van der Waals surface area contributed by atoms with Crippen LogP contribution in [0.1, 0.15) is 6.42 Å². The Morgan fingerprint density at radius 2 is 1.94 bits per heavy atom. The third kappa shape index (κ3) is 4.39. The maximum atomic E-state index is 12.1. The molecule has 6 heteroatoms. The van der Waals surface area contributed by atoms with Crippen molar-refractivity contribution in [2.75, 3.05) is 19.4 Å². The molecule has 0 bridgehead atoms. The summed E-state index contributed by atoms with van der Waals surface area (Å²) in [6.45, 7) is -0.0264. The fourth-order valence-corrected chi connectivity index (χ4v) is 3.34. The molecule has 96 valence electrons. The van der Waals surface area contributed by atoms with Crippen molar-refractivity contribution in [3.63, 3.8) is 0 Å². The van der Waals surface area contributed by atoms with Crippen molar-refractivity contribution in [2.45, 2.75) is 17.4 Å². The Bertz CT molecular complexity index is 444. The molecule has 1 aromatic rings. The highest BCUT2D eigenvalue weighted by molar-refractivity contribution is 9.10. The summed E-state index contributed by atoms with van der Waals surface area (Å²) in [5.41, 5.74) is 0. The van der Waals surface area contributed by atoms with Crippen LogP contribution >= 0.6 is 15.9 Å². The van der Waals surface area contributed by atoms with E-state index in [1.54, 1.807) is 31.3 Å². The van der Waals surface area contributed by atoms with Crippen LogP contribution in [-0.2, 0) is 9.84 Å². The molecule has 0 radical (unpaired) electrons. The van der Waals surface area contributed by atoms with Crippen molar-refractivity contribution < 1.29 is 13.5 Å². The molecule has 17 heavy (non-hydrogen) atoms. The van der Waals surface area contributed by atoms with Gasteiger partial charge < -0.3 is 10.4 Å². The van der Waals surface area contributed by atoms with Gasteiger partial charge in [0.25, 0.3) is 0 Å². The Hall–Kier alpha value is -0.430. The Morgan fingerprint density at radius 1 is 1.35 bits per heavy atom. The van der Waals surface area contributed by atoms with Crippen LogP contribution in [0.5, 0.6) is 0 Å². The van der Waals surface area contributed by atoms with Gasteiger partial charge in [-0.25, -0.2) is 8.42 Å². The summed E-state index contributed by atoms with van der Waals surface area (Å²) in [5.74, 6) is -0.00824. The number of benzene rings is 1. The molecule has 1 rings (SSSR count). The van der Waals surface area contributed by atoms with Crippen molar-refractivity contribution in [3.8, 4) is 0 Å². The lowest BCUT2D eigenvalue weighted by molar-refractivity contribution is 0.272. The average molecular weight is 322 g/mol. The lowest BCUT2D eigenvalue weighted by Gasteiger charge is -2.15. The number of sulfone groups is 1. The summed E-state index contributed by atoms with van der Waals surface area (Å²) < 4.78 is 24.9. The molecule has 0 aromatic heterocycles. The zero-order valence-corrected chi connectivity index (χ0v) is 12.0. The minimum Gasteiger partial charge on any atom is -0.396 e. The second kappa shape index (κ2) is 6.49. The second-order valence-corrected chi connectivity index (χ2v) is 6.68. The van der Waals surface area contributed by atoms with Gasteiger partial charge in [0, 0.05) is 17.1 Å². The number of aliphatic hydroxyl groups is 1. The number of hydrogen-bond donors (Lipinski definition) is 2. The zero-order chi connectivity index (χ0) is 12.9. The molecule has 0 aliphatic rings. The largest absolute Gasteiger partial charge is 0.396 e. The van der Waals surface area contributed by atoms with E-state index in [1.807, 2.05) is 0 Å².